The van der Waals surface area contributed by atoms with E-state index >= 15 is 0 Å². The van der Waals surface area contributed by atoms with Crippen LogP contribution in [0.5, 0.6) is 5.75 Å². The Labute approximate surface area is 137 Å². The second-order valence-electron chi connectivity index (χ2n) is 6.04. The molecule has 0 heterocycles. The topological polar surface area (TPSA) is 21.3 Å². The smallest absolute Gasteiger partial charge is 0.133 e. The third-order valence-electron chi connectivity index (χ3n) is 4.91. The van der Waals surface area contributed by atoms with Crippen molar-refractivity contribution < 1.29 is 4.74 Å². The quantitative estimate of drug-likeness (QED) is 0.701. The van der Waals surface area contributed by atoms with E-state index in [1.54, 1.807) is 0 Å². The molecule has 1 aromatic carbocycles. The Morgan fingerprint density at radius 1 is 1.24 bits per heavy atom. The van der Waals surface area contributed by atoms with Crippen LogP contribution in [-0.4, -0.2) is 13.2 Å². The molecular formula is C18H28BrNO. The fourth-order valence-corrected chi connectivity index (χ4v) is 4.30. The maximum atomic E-state index is 5.64. The van der Waals surface area contributed by atoms with Crippen LogP contribution in [0.15, 0.2) is 22.7 Å². The third-order valence-corrected chi connectivity index (χ3v) is 5.53. The average Bonchev–Trinajstić information content (AvgIpc) is 2.97. The van der Waals surface area contributed by atoms with Gasteiger partial charge in [-0.3, -0.25) is 0 Å². The second-order valence-corrected chi connectivity index (χ2v) is 6.89. The lowest BCUT2D eigenvalue weighted by molar-refractivity contribution is 0.189. The summed E-state index contributed by atoms with van der Waals surface area (Å²) in [4.78, 5) is 0. The highest BCUT2D eigenvalue weighted by atomic mass is 79.9. The van der Waals surface area contributed by atoms with Crippen LogP contribution in [0.3, 0.4) is 0 Å². The molecule has 1 atom stereocenters. The Balaban J connectivity index is 2.31. The number of halogens is 1. The predicted molar refractivity (Wildman–Crippen MR) is 92.9 cm³/mol. The van der Waals surface area contributed by atoms with E-state index in [9.17, 15) is 0 Å². The highest BCUT2D eigenvalue weighted by Gasteiger charge is 2.40. The molecule has 0 bridgehead atoms. The van der Waals surface area contributed by atoms with Crippen molar-refractivity contribution in [2.75, 3.05) is 13.2 Å². The van der Waals surface area contributed by atoms with E-state index in [4.69, 9.17) is 4.74 Å². The minimum atomic E-state index is 0.419. The van der Waals surface area contributed by atoms with Crippen molar-refractivity contribution in [1.82, 2.24) is 5.32 Å². The zero-order valence-electron chi connectivity index (χ0n) is 13.5. The van der Waals surface area contributed by atoms with Crippen LogP contribution >= 0.6 is 15.9 Å². The average molecular weight is 354 g/mol. The van der Waals surface area contributed by atoms with Gasteiger partial charge in [0.2, 0.25) is 0 Å². The van der Waals surface area contributed by atoms with Crippen molar-refractivity contribution in [2.45, 2.75) is 58.9 Å². The molecule has 1 aliphatic carbocycles. The number of benzene rings is 1. The minimum Gasteiger partial charge on any atom is -0.493 e. The molecule has 1 saturated carbocycles. The molecule has 0 amide bonds. The van der Waals surface area contributed by atoms with Crippen LogP contribution in [0.4, 0.5) is 0 Å². The van der Waals surface area contributed by atoms with Gasteiger partial charge in [-0.2, -0.15) is 0 Å². The van der Waals surface area contributed by atoms with E-state index in [0.29, 0.717) is 18.1 Å². The number of nitrogens with one attached hydrogen (secondary N) is 1. The Bertz CT molecular complexity index is 455. The summed E-state index contributed by atoms with van der Waals surface area (Å²) >= 11 is 3.66. The first-order valence-electron chi connectivity index (χ1n) is 8.32. The Morgan fingerprint density at radius 3 is 2.48 bits per heavy atom. The molecule has 1 N–H and O–H groups in total. The van der Waals surface area contributed by atoms with Gasteiger partial charge in [-0.15, -0.1) is 0 Å². The summed E-state index contributed by atoms with van der Waals surface area (Å²) in [6.45, 7) is 8.28. The number of ether oxygens (including phenoxy) is 1. The molecule has 118 valence electrons. The fraction of sp³-hybridized carbons (Fsp3) is 0.667. The molecule has 0 aliphatic heterocycles. The van der Waals surface area contributed by atoms with Gasteiger partial charge < -0.3 is 10.1 Å². The van der Waals surface area contributed by atoms with Gasteiger partial charge in [0.05, 0.1) is 11.1 Å². The predicted octanol–water partition coefficient (Wildman–Crippen LogP) is 5.47. The van der Waals surface area contributed by atoms with Crippen molar-refractivity contribution in [3.63, 3.8) is 0 Å². The zero-order valence-corrected chi connectivity index (χ0v) is 15.1. The Kier molecular flexibility index (Phi) is 6.12. The zero-order chi connectivity index (χ0) is 15.3. The van der Waals surface area contributed by atoms with E-state index in [1.807, 2.05) is 6.92 Å². The maximum Gasteiger partial charge on any atom is 0.133 e. The van der Waals surface area contributed by atoms with Crippen LogP contribution in [0.2, 0.25) is 0 Å². The van der Waals surface area contributed by atoms with Gasteiger partial charge in [-0.25, -0.2) is 0 Å². The molecule has 1 fully saturated rings. The summed E-state index contributed by atoms with van der Waals surface area (Å²) in [7, 11) is 0. The minimum absolute atomic E-state index is 0.419. The molecule has 0 spiro atoms. The first-order chi connectivity index (χ1) is 10.2. The monoisotopic (exact) mass is 353 g/mol. The van der Waals surface area contributed by atoms with Gasteiger partial charge in [0.15, 0.2) is 0 Å². The highest BCUT2D eigenvalue weighted by molar-refractivity contribution is 9.10. The molecule has 1 unspecified atom stereocenters. The molecular weight excluding hydrogens is 326 g/mol. The molecule has 2 nitrogen and oxygen atoms in total. The summed E-state index contributed by atoms with van der Waals surface area (Å²) in [6.07, 6.45) is 6.66. The Morgan fingerprint density at radius 2 is 1.95 bits per heavy atom. The molecule has 0 aromatic heterocycles. The molecule has 3 heteroatoms. The van der Waals surface area contributed by atoms with Gasteiger partial charge in [-0.05, 0) is 71.8 Å². The van der Waals surface area contributed by atoms with E-state index in [1.165, 1.54) is 37.7 Å². The molecule has 2 rings (SSSR count). The van der Waals surface area contributed by atoms with Crippen LogP contribution in [-0.2, 0) is 0 Å². The SMILES string of the molecule is CCNC(c1ccc(OCC)c(Br)c1)C1(CC)CCCC1. The molecule has 0 saturated heterocycles. The van der Waals surface area contributed by atoms with Crippen molar-refractivity contribution in [3.05, 3.63) is 28.2 Å². The van der Waals surface area contributed by atoms with E-state index in [-0.39, 0.29) is 0 Å². The van der Waals surface area contributed by atoms with Crippen molar-refractivity contribution in [1.29, 1.82) is 0 Å². The lowest BCUT2D eigenvalue weighted by atomic mass is 9.73. The third kappa shape index (κ3) is 3.62. The summed E-state index contributed by atoms with van der Waals surface area (Å²) in [6, 6.07) is 7.03. The number of hydrogen-bond donors (Lipinski definition) is 1. The summed E-state index contributed by atoms with van der Waals surface area (Å²) in [5, 5.41) is 3.75. The first kappa shape index (κ1) is 16.8. The first-order valence-corrected chi connectivity index (χ1v) is 9.11. The second kappa shape index (κ2) is 7.64. The van der Waals surface area contributed by atoms with Crippen LogP contribution in [0.1, 0.15) is 64.5 Å². The van der Waals surface area contributed by atoms with Crippen molar-refractivity contribution >= 4 is 15.9 Å². The van der Waals surface area contributed by atoms with E-state index in [2.05, 4.69) is 53.3 Å². The molecule has 21 heavy (non-hydrogen) atoms. The molecule has 0 radical (unpaired) electrons. The van der Waals surface area contributed by atoms with Gasteiger partial charge in [-0.1, -0.05) is 32.8 Å². The standard InChI is InChI=1S/C18H28BrNO/c1-4-18(11-7-8-12-18)17(20-5-2)14-9-10-16(21-6-3)15(19)13-14/h9-10,13,17,20H,4-8,11-12H2,1-3H3. The van der Waals surface area contributed by atoms with Crippen LogP contribution in [0, 0.1) is 5.41 Å². The van der Waals surface area contributed by atoms with Crippen LogP contribution < -0.4 is 10.1 Å². The fourth-order valence-electron chi connectivity index (χ4n) is 3.79. The summed E-state index contributed by atoms with van der Waals surface area (Å²) in [5.41, 5.74) is 1.80. The normalized spacial score (nSPS) is 18.7. The highest BCUT2D eigenvalue weighted by Crippen LogP contribution is 2.50. The maximum absolute atomic E-state index is 5.64. The summed E-state index contributed by atoms with van der Waals surface area (Å²) < 4.78 is 6.70. The van der Waals surface area contributed by atoms with E-state index in [0.717, 1.165) is 16.8 Å². The van der Waals surface area contributed by atoms with Crippen LogP contribution in [0.25, 0.3) is 0 Å². The lowest BCUT2D eigenvalue weighted by Crippen LogP contribution is -2.36. The van der Waals surface area contributed by atoms with Gasteiger partial charge in [0.25, 0.3) is 0 Å². The largest absolute Gasteiger partial charge is 0.493 e. The number of hydrogen-bond acceptors (Lipinski definition) is 2. The summed E-state index contributed by atoms with van der Waals surface area (Å²) in [5.74, 6) is 0.938. The van der Waals surface area contributed by atoms with Crippen molar-refractivity contribution in [2.24, 2.45) is 5.41 Å². The molecule has 1 aromatic rings. The molecule has 1 aliphatic rings. The van der Waals surface area contributed by atoms with E-state index < -0.39 is 0 Å². The van der Waals surface area contributed by atoms with Gasteiger partial charge in [0, 0.05) is 6.04 Å². The van der Waals surface area contributed by atoms with Crippen molar-refractivity contribution in [3.8, 4) is 5.75 Å². The number of rotatable bonds is 7. The Hall–Kier alpha value is -0.540. The lowest BCUT2D eigenvalue weighted by Gasteiger charge is -2.38. The van der Waals surface area contributed by atoms with Gasteiger partial charge >= 0.3 is 0 Å². The van der Waals surface area contributed by atoms with Gasteiger partial charge in [0.1, 0.15) is 5.75 Å².